The molecular formula is C13H19N3O2S. The van der Waals surface area contributed by atoms with E-state index < -0.39 is 15.3 Å². The number of aryl methyl sites for hydroxylation is 2. The lowest BCUT2D eigenvalue weighted by Crippen LogP contribution is -2.24. The molecule has 1 aliphatic heterocycles. The van der Waals surface area contributed by atoms with Crippen LogP contribution in [0.1, 0.15) is 31.7 Å². The van der Waals surface area contributed by atoms with Crippen molar-refractivity contribution in [2.24, 2.45) is 5.41 Å². The monoisotopic (exact) mass is 281 g/mol. The van der Waals surface area contributed by atoms with Crippen LogP contribution in [0.2, 0.25) is 0 Å². The fraction of sp³-hybridized carbons (Fsp3) is 0.692. The van der Waals surface area contributed by atoms with Crippen molar-refractivity contribution in [2.75, 3.05) is 11.5 Å². The molecule has 0 N–H and O–H groups in total. The van der Waals surface area contributed by atoms with Gasteiger partial charge >= 0.3 is 0 Å². The maximum absolute atomic E-state index is 11.6. The van der Waals surface area contributed by atoms with Gasteiger partial charge in [-0.2, -0.15) is 10.4 Å². The topological polar surface area (TPSA) is 75.8 Å². The van der Waals surface area contributed by atoms with E-state index >= 15 is 0 Å². The summed E-state index contributed by atoms with van der Waals surface area (Å²) in [7, 11) is -3.06. The fourth-order valence-electron chi connectivity index (χ4n) is 2.63. The number of rotatable bonds is 4. The lowest BCUT2D eigenvalue weighted by Gasteiger charge is -2.18. The van der Waals surface area contributed by atoms with E-state index in [0.29, 0.717) is 12.8 Å². The number of nitrogens with zero attached hydrogens (tertiary/aromatic N) is 3. The molecule has 1 aliphatic rings. The highest BCUT2D eigenvalue weighted by atomic mass is 32.2. The number of nitriles is 1. The molecule has 1 unspecified atom stereocenters. The van der Waals surface area contributed by atoms with Gasteiger partial charge in [0.1, 0.15) is 0 Å². The maximum Gasteiger partial charge on any atom is 0.151 e. The number of aromatic nitrogens is 2. The summed E-state index contributed by atoms with van der Waals surface area (Å²) >= 11 is 0. The van der Waals surface area contributed by atoms with E-state index in [1.807, 2.05) is 24.6 Å². The third-order valence-corrected chi connectivity index (χ3v) is 5.54. The molecule has 0 bridgehead atoms. The van der Waals surface area contributed by atoms with Crippen LogP contribution >= 0.6 is 0 Å². The zero-order valence-corrected chi connectivity index (χ0v) is 12.2. The minimum absolute atomic E-state index is 0.0210. The molecule has 0 radical (unpaired) electrons. The Morgan fingerprint density at radius 1 is 1.53 bits per heavy atom. The van der Waals surface area contributed by atoms with Gasteiger partial charge in [-0.3, -0.25) is 4.68 Å². The van der Waals surface area contributed by atoms with Crippen LogP contribution in [0.4, 0.5) is 0 Å². The Bertz CT molecular complexity index is 612. The van der Waals surface area contributed by atoms with Crippen molar-refractivity contribution in [3.8, 4) is 6.07 Å². The van der Waals surface area contributed by atoms with Gasteiger partial charge in [0.2, 0.25) is 0 Å². The molecule has 1 aromatic rings. The SMILES string of the molecule is CCc1cc(CC2(C#N)CCS(=O)(=O)C2)n(CC)n1. The third-order valence-electron chi connectivity index (χ3n) is 3.72. The number of hydrogen-bond donors (Lipinski definition) is 0. The molecule has 2 heterocycles. The highest BCUT2D eigenvalue weighted by Crippen LogP contribution is 2.35. The number of hydrogen-bond acceptors (Lipinski definition) is 4. The summed E-state index contributed by atoms with van der Waals surface area (Å²) in [5.41, 5.74) is 1.19. The fourth-order valence-corrected chi connectivity index (χ4v) is 4.63. The second-order valence-electron chi connectivity index (χ2n) is 5.21. The molecule has 6 heteroatoms. The molecule has 1 fully saturated rings. The average molecular weight is 281 g/mol. The molecule has 0 spiro atoms. The zero-order chi connectivity index (χ0) is 14.1. The Balaban J connectivity index is 2.29. The maximum atomic E-state index is 11.6. The Morgan fingerprint density at radius 2 is 2.26 bits per heavy atom. The van der Waals surface area contributed by atoms with Crippen molar-refractivity contribution in [1.82, 2.24) is 9.78 Å². The smallest absolute Gasteiger partial charge is 0.151 e. The highest BCUT2D eigenvalue weighted by molar-refractivity contribution is 7.91. The van der Waals surface area contributed by atoms with Gasteiger partial charge in [0.15, 0.2) is 9.84 Å². The Morgan fingerprint density at radius 3 is 2.74 bits per heavy atom. The summed E-state index contributed by atoms with van der Waals surface area (Å²) in [4.78, 5) is 0. The molecule has 104 valence electrons. The van der Waals surface area contributed by atoms with E-state index in [4.69, 9.17) is 0 Å². The Kier molecular flexibility index (Phi) is 3.68. The van der Waals surface area contributed by atoms with Gasteiger partial charge in [-0.1, -0.05) is 6.92 Å². The van der Waals surface area contributed by atoms with E-state index in [0.717, 1.165) is 24.4 Å². The first-order valence-electron chi connectivity index (χ1n) is 6.61. The second-order valence-corrected chi connectivity index (χ2v) is 7.39. The van der Waals surface area contributed by atoms with E-state index in [-0.39, 0.29) is 11.5 Å². The van der Waals surface area contributed by atoms with Crippen LogP contribution in [0.3, 0.4) is 0 Å². The van der Waals surface area contributed by atoms with E-state index in [1.54, 1.807) is 0 Å². The van der Waals surface area contributed by atoms with Crippen molar-refractivity contribution >= 4 is 9.84 Å². The van der Waals surface area contributed by atoms with Crippen LogP contribution in [-0.2, 0) is 29.2 Å². The lowest BCUT2D eigenvalue weighted by molar-refractivity contribution is 0.430. The molecule has 0 saturated carbocycles. The molecule has 0 amide bonds. The molecule has 5 nitrogen and oxygen atoms in total. The molecule has 1 saturated heterocycles. The van der Waals surface area contributed by atoms with Crippen LogP contribution in [0.5, 0.6) is 0 Å². The van der Waals surface area contributed by atoms with Gasteiger partial charge in [-0.05, 0) is 25.8 Å². The van der Waals surface area contributed by atoms with Crippen LogP contribution in [-0.4, -0.2) is 29.7 Å². The second kappa shape index (κ2) is 4.97. The molecule has 0 aliphatic carbocycles. The van der Waals surface area contributed by atoms with Crippen molar-refractivity contribution in [1.29, 1.82) is 5.26 Å². The Labute approximate surface area is 114 Å². The average Bonchev–Trinajstić information content (AvgIpc) is 2.91. The summed E-state index contributed by atoms with van der Waals surface area (Å²) in [5, 5.41) is 13.8. The zero-order valence-electron chi connectivity index (χ0n) is 11.4. The molecule has 1 atom stereocenters. The van der Waals surface area contributed by atoms with E-state index in [2.05, 4.69) is 11.2 Å². The van der Waals surface area contributed by atoms with Gasteiger partial charge in [-0.15, -0.1) is 0 Å². The molecule has 1 aromatic heterocycles. The largest absolute Gasteiger partial charge is 0.270 e. The van der Waals surface area contributed by atoms with Crippen molar-refractivity contribution in [2.45, 2.75) is 39.7 Å². The molecular weight excluding hydrogens is 262 g/mol. The summed E-state index contributed by atoms with van der Waals surface area (Å²) < 4.78 is 25.2. The Hall–Kier alpha value is -1.35. The molecule has 19 heavy (non-hydrogen) atoms. The van der Waals surface area contributed by atoms with Crippen molar-refractivity contribution < 1.29 is 8.42 Å². The van der Waals surface area contributed by atoms with Gasteiger partial charge < -0.3 is 0 Å². The standard InChI is InChI=1S/C13H19N3O2S/c1-3-11-7-12(16(4-2)15-11)8-13(9-14)5-6-19(17,18)10-13/h7H,3-6,8,10H2,1-2H3. The summed E-state index contributed by atoms with van der Waals surface area (Å²) in [6, 6.07) is 4.23. The molecule has 2 rings (SSSR count). The predicted molar refractivity (Wildman–Crippen MR) is 72.3 cm³/mol. The quantitative estimate of drug-likeness (QED) is 0.834. The van der Waals surface area contributed by atoms with Crippen LogP contribution in [0.25, 0.3) is 0 Å². The summed E-state index contributed by atoms with van der Waals surface area (Å²) in [6.07, 6.45) is 1.75. The highest BCUT2D eigenvalue weighted by Gasteiger charge is 2.43. The summed E-state index contributed by atoms with van der Waals surface area (Å²) in [5.74, 6) is 0.105. The third kappa shape index (κ3) is 2.81. The first-order chi connectivity index (χ1) is 8.93. The van der Waals surface area contributed by atoms with Crippen LogP contribution in [0.15, 0.2) is 6.07 Å². The minimum atomic E-state index is -3.06. The van der Waals surface area contributed by atoms with Gasteiger partial charge in [0.05, 0.1) is 28.7 Å². The lowest BCUT2D eigenvalue weighted by atomic mass is 9.84. The number of sulfone groups is 1. The minimum Gasteiger partial charge on any atom is -0.270 e. The van der Waals surface area contributed by atoms with Crippen LogP contribution < -0.4 is 0 Å². The van der Waals surface area contributed by atoms with E-state index in [9.17, 15) is 13.7 Å². The van der Waals surface area contributed by atoms with Crippen LogP contribution in [0, 0.1) is 16.7 Å². The first-order valence-corrected chi connectivity index (χ1v) is 8.43. The predicted octanol–water partition coefficient (Wildman–Crippen LogP) is 1.34. The normalized spacial score (nSPS) is 25.3. The molecule has 0 aromatic carbocycles. The van der Waals surface area contributed by atoms with Crippen molar-refractivity contribution in [3.05, 3.63) is 17.5 Å². The van der Waals surface area contributed by atoms with Gasteiger partial charge in [0.25, 0.3) is 0 Å². The summed E-state index contributed by atoms with van der Waals surface area (Å²) in [6.45, 7) is 4.77. The van der Waals surface area contributed by atoms with Crippen molar-refractivity contribution in [3.63, 3.8) is 0 Å². The van der Waals surface area contributed by atoms with Gasteiger partial charge in [-0.25, -0.2) is 8.42 Å². The first kappa shape index (κ1) is 14.1. The van der Waals surface area contributed by atoms with E-state index in [1.165, 1.54) is 0 Å². The van der Waals surface area contributed by atoms with Gasteiger partial charge in [0, 0.05) is 18.7 Å².